The molecule has 2 N–H and O–H groups in total. The van der Waals surface area contributed by atoms with Gasteiger partial charge in [0.1, 0.15) is 0 Å². The Morgan fingerprint density at radius 3 is 2.30 bits per heavy atom. The molecule has 0 aromatic rings. The largest absolute Gasteiger partial charge is 0.396 e. The molecule has 0 bridgehead atoms. The fraction of sp³-hybridized carbons (Fsp3) is 0.933. The molecule has 0 saturated heterocycles. The van der Waals surface area contributed by atoms with Gasteiger partial charge in [0, 0.05) is 32.8 Å². The predicted octanol–water partition coefficient (Wildman–Crippen LogP) is 1.52. The minimum Gasteiger partial charge on any atom is -0.396 e. The molecule has 0 heterocycles. The third kappa shape index (κ3) is 5.29. The molecule has 118 valence electrons. The van der Waals surface area contributed by atoms with Crippen molar-refractivity contribution in [1.82, 2.24) is 15.1 Å². The van der Waals surface area contributed by atoms with Gasteiger partial charge in [0.05, 0.1) is 0 Å². The van der Waals surface area contributed by atoms with Gasteiger partial charge >= 0.3 is 6.03 Å². The predicted molar refractivity (Wildman–Crippen MR) is 81.8 cm³/mol. The first-order valence-electron chi connectivity index (χ1n) is 7.96. The van der Waals surface area contributed by atoms with Crippen LogP contribution in [0, 0.1) is 5.92 Å². The maximum atomic E-state index is 12.1. The van der Waals surface area contributed by atoms with Crippen molar-refractivity contribution in [2.24, 2.45) is 5.92 Å². The molecule has 0 unspecified atom stereocenters. The number of nitrogens with one attached hydrogen (secondary N) is 1. The summed E-state index contributed by atoms with van der Waals surface area (Å²) >= 11 is 0. The molecule has 1 aliphatic carbocycles. The lowest BCUT2D eigenvalue weighted by Gasteiger charge is -2.34. The van der Waals surface area contributed by atoms with Crippen molar-refractivity contribution >= 4 is 6.03 Å². The van der Waals surface area contributed by atoms with E-state index >= 15 is 0 Å². The van der Waals surface area contributed by atoms with Crippen LogP contribution in [-0.2, 0) is 0 Å². The van der Waals surface area contributed by atoms with Crippen molar-refractivity contribution in [3.05, 3.63) is 0 Å². The van der Waals surface area contributed by atoms with Crippen LogP contribution in [0.2, 0.25) is 0 Å². The summed E-state index contributed by atoms with van der Waals surface area (Å²) in [6.07, 6.45) is 4.06. The van der Waals surface area contributed by atoms with E-state index in [1.807, 2.05) is 11.9 Å². The molecule has 2 amide bonds. The van der Waals surface area contributed by atoms with E-state index in [2.05, 4.69) is 24.1 Å². The minimum absolute atomic E-state index is 0.0320. The number of carbonyl (C=O) groups is 1. The van der Waals surface area contributed by atoms with Crippen LogP contribution in [0.3, 0.4) is 0 Å². The van der Waals surface area contributed by atoms with Crippen molar-refractivity contribution in [2.45, 2.75) is 45.6 Å². The number of hydrogen-bond acceptors (Lipinski definition) is 3. The van der Waals surface area contributed by atoms with Crippen LogP contribution in [0.4, 0.5) is 4.79 Å². The van der Waals surface area contributed by atoms with Crippen LogP contribution in [0.1, 0.15) is 39.5 Å². The first kappa shape index (κ1) is 17.2. The molecule has 0 radical (unpaired) electrons. The summed E-state index contributed by atoms with van der Waals surface area (Å²) in [6.45, 7) is 8.21. The molecule has 1 saturated carbocycles. The number of nitrogens with zero attached hydrogens (tertiary/aromatic N) is 2. The number of hydrogen-bond donors (Lipinski definition) is 2. The highest BCUT2D eigenvalue weighted by atomic mass is 16.3. The maximum Gasteiger partial charge on any atom is 0.317 e. The van der Waals surface area contributed by atoms with Crippen LogP contribution in [0.15, 0.2) is 0 Å². The molecular weight excluding hydrogens is 254 g/mol. The second-order valence-corrected chi connectivity index (χ2v) is 5.73. The summed E-state index contributed by atoms with van der Waals surface area (Å²) in [6, 6.07) is 0.357. The van der Waals surface area contributed by atoms with Crippen LogP contribution in [0.5, 0.6) is 0 Å². The Morgan fingerprint density at radius 1 is 1.20 bits per heavy atom. The molecule has 5 heteroatoms. The maximum absolute atomic E-state index is 12.1. The van der Waals surface area contributed by atoms with Gasteiger partial charge in [0.25, 0.3) is 0 Å². The standard InChI is InChI=1S/C15H31N3O2/c1-4-18(5-2)11-10-16-15(20)17(3)14-8-6-13(12-19)7-9-14/h13-14,19H,4-12H2,1-3H3,(H,16,20). The lowest BCUT2D eigenvalue weighted by atomic mass is 9.86. The zero-order valence-electron chi connectivity index (χ0n) is 13.3. The van der Waals surface area contributed by atoms with E-state index in [1.165, 1.54) is 0 Å². The average molecular weight is 285 g/mol. The van der Waals surface area contributed by atoms with E-state index in [0.29, 0.717) is 18.5 Å². The van der Waals surface area contributed by atoms with Crippen LogP contribution < -0.4 is 5.32 Å². The molecule has 0 spiro atoms. The molecule has 1 rings (SSSR count). The highest BCUT2D eigenvalue weighted by Gasteiger charge is 2.25. The summed E-state index contributed by atoms with van der Waals surface area (Å²) in [5.41, 5.74) is 0. The quantitative estimate of drug-likeness (QED) is 0.746. The van der Waals surface area contributed by atoms with E-state index < -0.39 is 0 Å². The van der Waals surface area contributed by atoms with Gasteiger partial charge in [0.2, 0.25) is 0 Å². The number of rotatable bonds is 7. The SMILES string of the molecule is CCN(CC)CCNC(=O)N(C)C1CCC(CO)CC1. The summed E-state index contributed by atoms with van der Waals surface area (Å²) < 4.78 is 0. The number of aliphatic hydroxyl groups is 1. The van der Waals surface area contributed by atoms with E-state index in [1.54, 1.807) is 0 Å². The third-order valence-corrected chi connectivity index (χ3v) is 4.54. The average Bonchev–Trinajstić information content (AvgIpc) is 2.50. The summed E-state index contributed by atoms with van der Waals surface area (Å²) in [7, 11) is 1.89. The number of aliphatic hydroxyl groups excluding tert-OH is 1. The van der Waals surface area contributed by atoms with Gasteiger partial charge in [-0.25, -0.2) is 4.79 Å². The van der Waals surface area contributed by atoms with Crippen molar-refractivity contribution in [2.75, 3.05) is 39.8 Å². The molecule has 0 aliphatic heterocycles. The van der Waals surface area contributed by atoms with Gasteiger partial charge in [-0.15, -0.1) is 0 Å². The van der Waals surface area contributed by atoms with Crippen molar-refractivity contribution in [3.8, 4) is 0 Å². The Bertz CT molecular complexity index is 274. The lowest BCUT2D eigenvalue weighted by molar-refractivity contribution is 0.133. The van der Waals surface area contributed by atoms with Crippen molar-refractivity contribution < 1.29 is 9.90 Å². The van der Waals surface area contributed by atoms with E-state index in [9.17, 15) is 4.79 Å². The molecule has 1 fully saturated rings. The Balaban J connectivity index is 2.25. The fourth-order valence-corrected chi connectivity index (χ4v) is 2.87. The molecular formula is C15H31N3O2. The monoisotopic (exact) mass is 285 g/mol. The van der Waals surface area contributed by atoms with Gasteiger partial charge < -0.3 is 20.2 Å². The van der Waals surface area contributed by atoms with Crippen LogP contribution >= 0.6 is 0 Å². The zero-order valence-corrected chi connectivity index (χ0v) is 13.3. The highest BCUT2D eigenvalue weighted by Crippen LogP contribution is 2.26. The van der Waals surface area contributed by atoms with Gasteiger partial charge in [-0.3, -0.25) is 0 Å². The zero-order chi connectivity index (χ0) is 15.0. The first-order valence-corrected chi connectivity index (χ1v) is 7.96. The van der Waals surface area contributed by atoms with E-state index in [4.69, 9.17) is 5.11 Å². The van der Waals surface area contributed by atoms with Crippen molar-refractivity contribution in [1.29, 1.82) is 0 Å². The summed E-state index contributed by atoms with van der Waals surface area (Å²) in [5.74, 6) is 0.436. The Labute approximate surface area is 123 Å². The first-order chi connectivity index (χ1) is 9.62. The molecule has 5 nitrogen and oxygen atoms in total. The summed E-state index contributed by atoms with van der Waals surface area (Å²) in [4.78, 5) is 16.2. The van der Waals surface area contributed by atoms with Gasteiger partial charge in [0.15, 0.2) is 0 Å². The lowest BCUT2D eigenvalue weighted by Crippen LogP contribution is -2.47. The second kappa shape index (κ2) is 9.19. The van der Waals surface area contributed by atoms with Gasteiger partial charge in [-0.2, -0.15) is 0 Å². The van der Waals surface area contributed by atoms with E-state index in [0.717, 1.165) is 45.3 Å². The second-order valence-electron chi connectivity index (χ2n) is 5.73. The third-order valence-electron chi connectivity index (χ3n) is 4.54. The number of carbonyl (C=O) groups excluding carboxylic acids is 1. The molecule has 1 aliphatic rings. The number of urea groups is 1. The minimum atomic E-state index is 0.0320. The molecule has 20 heavy (non-hydrogen) atoms. The highest BCUT2D eigenvalue weighted by molar-refractivity contribution is 5.74. The van der Waals surface area contributed by atoms with Crippen LogP contribution in [-0.4, -0.2) is 66.8 Å². The van der Waals surface area contributed by atoms with Gasteiger partial charge in [-0.1, -0.05) is 13.8 Å². The molecule has 0 aromatic heterocycles. The normalized spacial score (nSPS) is 22.9. The fourth-order valence-electron chi connectivity index (χ4n) is 2.87. The van der Waals surface area contributed by atoms with Crippen molar-refractivity contribution in [3.63, 3.8) is 0 Å². The Hall–Kier alpha value is -0.810. The van der Waals surface area contributed by atoms with Gasteiger partial charge in [-0.05, 0) is 44.7 Å². The molecule has 0 atom stereocenters. The number of likely N-dealkylation sites (N-methyl/N-ethyl adjacent to an activating group) is 1. The Morgan fingerprint density at radius 2 is 1.80 bits per heavy atom. The summed E-state index contributed by atoms with van der Waals surface area (Å²) in [5, 5.41) is 12.1. The number of amides is 2. The van der Waals surface area contributed by atoms with E-state index in [-0.39, 0.29) is 12.6 Å². The molecule has 0 aromatic carbocycles. The topological polar surface area (TPSA) is 55.8 Å². The van der Waals surface area contributed by atoms with Crippen LogP contribution in [0.25, 0.3) is 0 Å². The Kier molecular flexibility index (Phi) is 7.92. The smallest absolute Gasteiger partial charge is 0.317 e.